The summed E-state index contributed by atoms with van der Waals surface area (Å²) in [6.07, 6.45) is 3.59. The summed E-state index contributed by atoms with van der Waals surface area (Å²) in [5.41, 5.74) is -0.279. The highest BCUT2D eigenvalue weighted by atomic mass is 16.3. The van der Waals surface area contributed by atoms with Crippen LogP contribution in [0.25, 0.3) is 0 Å². The van der Waals surface area contributed by atoms with Crippen LogP contribution in [0.15, 0.2) is 39.9 Å². The first kappa shape index (κ1) is 19.9. The third kappa shape index (κ3) is 4.69. The van der Waals surface area contributed by atoms with Crippen molar-refractivity contribution in [2.45, 2.75) is 50.6 Å². The molecule has 1 saturated carbocycles. The Morgan fingerprint density at radius 2 is 1.82 bits per heavy atom. The van der Waals surface area contributed by atoms with Gasteiger partial charge in [-0.2, -0.15) is 0 Å². The van der Waals surface area contributed by atoms with E-state index in [-0.39, 0.29) is 24.0 Å². The second-order valence-corrected chi connectivity index (χ2v) is 7.32. The van der Waals surface area contributed by atoms with Gasteiger partial charge in [0.25, 0.3) is 11.5 Å². The fourth-order valence-electron chi connectivity index (χ4n) is 3.64. The van der Waals surface area contributed by atoms with Crippen LogP contribution in [0.5, 0.6) is 0 Å². The molecule has 0 spiro atoms. The topological polar surface area (TPSA) is 127 Å². The highest BCUT2D eigenvalue weighted by Gasteiger charge is 2.25. The van der Waals surface area contributed by atoms with Crippen molar-refractivity contribution >= 4 is 11.6 Å². The van der Waals surface area contributed by atoms with Crippen LogP contribution in [0.4, 0.5) is 5.69 Å². The summed E-state index contributed by atoms with van der Waals surface area (Å²) < 4.78 is 0. The normalized spacial score (nSPS) is 20.4. The van der Waals surface area contributed by atoms with Crippen molar-refractivity contribution in [1.29, 1.82) is 0 Å². The minimum atomic E-state index is -0.745. The Bertz CT molecular complexity index is 914. The van der Waals surface area contributed by atoms with E-state index in [9.17, 15) is 19.5 Å². The molecule has 0 radical (unpaired) electrons. The molecule has 0 bridgehead atoms. The van der Waals surface area contributed by atoms with E-state index in [0.717, 1.165) is 25.7 Å². The van der Waals surface area contributed by atoms with E-state index in [4.69, 9.17) is 0 Å². The lowest BCUT2D eigenvalue weighted by Gasteiger charge is -2.29. The average Bonchev–Trinajstić information content (AvgIpc) is 2.70. The zero-order valence-corrected chi connectivity index (χ0v) is 15.8. The summed E-state index contributed by atoms with van der Waals surface area (Å²) in [7, 11) is 0. The molecule has 5 N–H and O–H groups in total. The Balaban J connectivity index is 1.68. The van der Waals surface area contributed by atoms with Crippen molar-refractivity contribution in [2.24, 2.45) is 0 Å². The van der Waals surface area contributed by atoms with Crippen molar-refractivity contribution in [3.8, 4) is 0 Å². The highest BCUT2D eigenvalue weighted by Crippen LogP contribution is 2.32. The molecule has 0 aliphatic heterocycles. The van der Waals surface area contributed by atoms with Gasteiger partial charge in [-0.15, -0.1) is 0 Å². The molecular weight excluding hydrogens is 360 g/mol. The lowest BCUT2D eigenvalue weighted by Crippen LogP contribution is -2.41. The van der Waals surface area contributed by atoms with Crippen LogP contribution in [0.2, 0.25) is 0 Å². The van der Waals surface area contributed by atoms with Crippen LogP contribution >= 0.6 is 0 Å². The van der Waals surface area contributed by atoms with Gasteiger partial charge in [-0.3, -0.25) is 14.6 Å². The fraction of sp³-hybridized carbons (Fsp3) is 0.450. The third-order valence-corrected chi connectivity index (χ3v) is 5.17. The number of carbonyl (C=O) groups excluding carboxylic acids is 1. The van der Waals surface area contributed by atoms with Crippen LogP contribution in [0, 0.1) is 0 Å². The summed E-state index contributed by atoms with van der Waals surface area (Å²) in [5, 5.41) is 14.9. The largest absolute Gasteiger partial charge is 0.394 e. The van der Waals surface area contributed by atoms with Crippen LogP contribution in [-0.2, 0) is 0 Å². The van der Waals surface area contributed by atoms with E-state index < -0.39 is 23.2 Å². The molecule has 8 heteroatoms. The van der Waals surface area contributed by atoms with Gasteiger partial charge in [0.1, 0.15) is 11.4 Å². The predicted molar refractivity (Wildman–Crippen MR) is 107 cm³/mol. The smallest absolute Gasteiger partial charge is 0.326 e. The van der Waals surface area contributed by atoms with Gasteiger partial charge in [0.2, 0.25) is 0 Å². The first-order valence-electron chi connectivity index (χ1n) is 9.57. The van der Waals surface area contributed by atoms with E-state index in [1.165, 1.54) is 5.56 Å². The molecule has 1 fully saturated rings. The predicted octanol–water partition coefficient (Wildman–Crippen LogP) is 1.31. The van der Waals surface area contributed by atoms with Gasteiger partial charge in [0, 0.05) is 12.1 Å². The van der Waals surface area contributed by atoms with Gasteiger partial charge in [0.05, 0.1) is 6.61 Å². The molecule has 1 aromatic carbocycles. The Morgan fingerprint density at radius 3 is 2.46 bits per heavy atom. The molecule has 1 aromatic heterocycles. The first-order chi connectivity index (χ1) is 13.5. The molecule has 2 aromatic rings. The number of anilines is 1. The molecular formula is C20H26N4O4. The number of hydrogen-bond acceptors (Lipinski definition) is 5. The van der Waals surface area contributed by atoms with Gasteiger partial charge in [0.15, 0.2) is 0 Å². The van der Waals surface area contributed by atoms with Crippen LogP contribution < -0.4 is 21.9 Å². The van der Waals surface area contributed by atoms with E-state index >= 15 is 0 Å². The first-order valence-corrected chi connectivity index (χ1v) is 9.57. The number of aliphatic hydroxyl groups excluding tert-OH is 1. The number of aromatic amines is 2. The number of aromatic nitrogens is 2. The lowest BCUT2D eigenvalue weighted by atomic mass is 9.82. The number of benzene rings is 1. The second kappa shape index (κ2) is 8.88. The van der Waals surface area contributed by atoms with Crippen LogP contribution in [-0.4, -0.2) is 39.7 Å². The number of carbonyl (C=O) groups is 1. The van der Waals surface area contributed by atoms with Gasteiger partial charge in [-0.25, -0.2) is 4.79 Å². The zero-order valence-electron chi connectivity index (χ0n) is 15.8. The number of nitrogens with one attached hydrogen (secondary N) is 4. The summed E-state index contributed by atoms with van der Waals surface area (Å²) in [5.74, 6) is -0.0182. The molecule has 0 saturated heterocycles. The SMILES string of the molecule is CC(CO)Nc1c(C(=O)N[C@H]2CC[C@@H](c3ccccc3)CC2)[nH]c(=O)[nH]c1=O. The highest BCUT2D eigenvalue weighted by molar-refractivity contribution is 5.97. The number of hydrogen-bond donors (Lipinski definition) is 5. The van der Waals surface area contributed by atoms with Crippen molar-refractivity contribution in [2.75, 3.05) is 11.9 Å². The quantitative estimate of drug-likeness (QED) is 0.512. The van der Waals surface area contributed by atoms with Gasteiger partial charge in [-0.1, -0.05) is 30.3 Å². The monoisotopic (exact) mass is 386 g/mol. The number of amides is 1. The zero-order chi connectivity index (χ0) is 20.1. The van der Waals surface area contributed by atoms with E-state index in [1.54, 1.807) is 6.92 Å². The van der Waals surface area contributed by atoms with Crippen molar-refractivity contribution in [1.82, 2.24) is 15.3 Å². The summed E-state index contributed by atoms with van der Waals surface area (Å²) in [4.78, 5) is 41.0. The summed E-state index contributed by atoms with van der Waals surface area (Å²) in [6.45, 7) is 1.44. The fourth-order valence-corrected chi connectivity index (χ4v) is 3.64. The number of rotatable bonds is 6. The molecule has 1 unspecified atom stereocenters. The van der Waals surface area contributed by atoms with E-state index in [2.05, 4.69) is 32.7 Å². The molecule has 28 heavy (non-hydrogen) atoms. The minimum absolute atomic E-state index is 0.0154. The number of aliphatic hydroxyl groups is 1. The maximum atomic E-state index is 12.7. The van der Waals surface area contributed by atoms with Crippen LogP contribution in [0.1, 0.15) is 54.6 Å². The molecule has 1 heterocycles. The second-order valence-electron chi connectivity index (χ2n) is 7.32. The molecule has 1 atom stereocenters. The Hall–Kier alpha value is -2.87. The van der Waals surface area contributed by atoms with E-state index in [1.807, 2.05) is 18.2 Å². The third-order valence-electron chi connectivity index (χ3n) is 5.17. The Morgan fingerprint density at radius 1 is 1.14 bits per heavy atom. The van der Waals surface area contributed by atoms with Crippen molar-refractivity contribution in [3.05, 3.63) is 62.4 Å². The van der Waals surface area contributed by atoms with Gasteiger partial charge >= 0.3 is 5.69 Å². The van der Waals surface area contributed by atoms with Crippen LogP contribution in [0.3, 0.4) is 0 Å². The molecule has 1 aliphatic carbocycles. The molecule has 150 valence electrons. The molecule has 3 rings (SSSR count). The van der Waals surface area contributed by atoms with Gasteiger partial charge < -0.3 is 20.7 Å². The number of H-pyrrole nitrogens is 2. The summed E-state index contributed by atoms with van der Waals surface area (Å²) >= 11 is 0. The molecule has 8 nitrogen and oxygen atoms in total. The average molecular weight is 386 g/mol. The minimum Gasteiger partial charge on any atom is -0.394 e. The Labute approximate surface area is 162 Å². The van der Waals surface area contributed by atoms with Crippen molar-refractivity contribution < 1.29 is 9.90 Å². The van der Waals surface area contributed by atoms with Gasteiger partial charge in [-0.05, 0) is 44.1 Å². The van der Waals surface area contributed by atoms with Crippen molar-refractivity contribution in [3.63, 3.8) is 0 Å². The molecule has 1 amide bonds. The maximum Gasteiger partial charge on any atom is 0.326 e. The lowest BCUT2D eigenvalue weighted by molar-refractivity contribution is 0.0921. The summed E-state index contributed by atoms with van der Waals surface area (Å²) in [6, 6.07) is 9.87. The maximum absolute atomic E-state index is 12.7. The standard InChI is InChI=1S/C20H26N4O4/c1-12(11-25)21-16-17(23-20(28)24-19(16)27)18(26)22-15-9-7-14(8-10-15)13-5-3-2-4-6-13/h2-6,12,14-15,21,25H,7-11H2,1H3,(H,22,26)(H2,23,24,27,28)/t12?,14-,15+. The molecule has 1 aliphatic rings. The Kier molecular flexibility index (Phi) is 6.30. The van der Waals surface area contributed by atoms with E-state index in [0.29, 0.717) is 5.92 Å².